The highest BCUT2D eigenvalue weighted by Gasteiger charge is 2.20. The number of nitrogens with one attached hydrogen (secondary N) is 1. The molecule has 2 heterocycles. The van der Waals surface area contributed by atoms with Crippen molar-refractivity contribution < 1.29 is 4.79 Å². The topological polar surface area (TPSA) is 117 Å². The number of hydrogen-bond acceptors (Lipinski definition) is 5. The van der Waals surface area contributed by atoms with Crippen LogP contribution in [-0.4, -0.2) is 24.8 Å². The second-order valence-electron chi connectivity index (χ2n) is 7.02. The average Bonchev–Trinajstić information content (AvgIpc) is 3.21. The van der Waals surface area contributed by atoms with Gasteiger partial charge in [-0.25, -0.2) is 4.79 Å². The molecule has 0 bridgehead atoms. The number of carbonyl (C=O) groups excluding carboxylic acids is 1. The predicted octanol–water partition coefficient (Wildman–Crippen LogP) is 1.91. The van der Waals surface area contributed by atoms with Crippen LogP contribution in [0.1, 0.15) is 42.6 Å². The Balaban J connectivity index is 1.89. The van der Waals surface area contributed by atoms with Crippen LogP contribution in [0.3, 0.4) is 0 Å². The van der Waals surface area contributed by atoms with E-state index in [-0.39, 0.29) is 18.1 Å². The van der Waals surface area contributed by atoms with Crippen molar-refractivity contribution in [2.24, 2.45) is 0 Å². The minimum absolute atomic E-state index is 0.0377. The highest BCUT2D eigenvalue weighted by atomic mass is 16.2. The molecule has 0 saturated carbocycles. The molecule has 2 aromatic heterocycles. The summed E-state index contributed by atoms with van der Waals surface area (Å²) >= 11 is 0. The molecule has 0 spiro atoms. The maximum absolute atomic E-state index is 12.8. The number of nitrogens with zero attached hydrogens (tertiary/aromatic N) is 4. The first-order valence-corrected chi connectivity index (χ1v) is 9.97. The van der Waals surface area contributed by atoms with Gasteiger partial charge in [-0.05, 0) is 18.4 Å². The fraction of sp³-hybridized carbons (Fsp3) is 0.333. The van der Waals surface area contributed by atoms with E-state index in [0.717, 1.165) is 10.1 Å². The Hall–Kier alpha value is -3.62. The van der Waals surface area contributed by atoms with Gasteiger partial charge in [0.2, 0.25) is 0 Å². The number of anilines is 2. The predicted molar refractivity (Wildman–Crippen MR) is 116 cm³/mol. The third kappa shape index (κ3) is 4.35. The number of amides is 1. The molecule has 1 amide bonds. The van der Waals surface area contributed by atoms with Gasteiger partial charge in [0.25, 0.3) is 11.5 Å². The van der Waals surface area contributed by atoms with E-state index in [9.17, 15) is 14.4 Å². The van der Waals surface area contributed by atoms with Crippen molar-refractivity contribution in [3.63, 3.8) is 0 Å². The molecular formula is C21H26N6O3. The van der Waals surface area contributed by atoms with Gasteiger partial charge in [0.1, 0.15) is 11.5 Å². The molecule has 3 rings (SSSR count). The summed E-state index contributed by atoms with van der Waals surface area (Å²) in [6, 6.07) is 9.73. The minimum Gasteiger partial charge on any atom is -0.383 e. The fourth-order valence-electron chi connectivity index (χ4n) is 3.22. The standard InChI is InChI=1S/C21H26N6O3/c1-3-10-26-18(22)17(20(29)27(11-4-2)21(26)30)24-19(28)16-12-23-25(14-16)13-15-8-6-5-7-9-15/h5-9,12,14H,3-4,10-11,13,22H2,1-2H3,(H,24,28). The lowest BCUT2D eigenvalue weighted by Crippen LogP contribution is -2.42. The van der Waals surface area contributed by atoms with E-state index in [1.54, 1.807) is 10.9 Å². The summed E-state index contributed by atoms with van der Waals surface area (Å²) in [7, 11) is 0. The number of aromatic nitrogens is 4. The van der Waals surface area contributed by atoms with Crippen molar-refractivity contribution in [3.05, 3.63) is 74.7 Å². The van der Waals surface area contributed by atoms with Gasteiger partial charge < -0.3 is 11.1 Å². The normalized spacial score (nSPS) is 10.9. The van der Waals surface area contributed by atoms with Gasteiger partial charge in [0, 0.05) is 19.3 Å². The van der Waals surface area contributed by atoms with Crippen molar-refractivity contribution in [1.29, 1.82) is 0 Å². The second kappa shape index (κ2) is 9.25. The maximum Gasteiger partial charge on any atom is 0.332 e. The average molecular weight is 410 g/mol. The molecule has 3 aromatic rings. The molecule has 0 aliphatic heterocycles. The number of rotatable bonds is 8. The van der Waals surface area contributed by atoms with Crippen molar-refractivity contribution in [2.75, 3.05) is 11.1 Å². The summed E-state index contributed by atoms with van der Waals surface area (Å²) in [5.41, 5.74) is 6.27. The van der Waals surface area contributed by atoms with Crippen LogP contribution in [0.15, 0.2) is 52.3 Å². The molecule has 158 valence electrons. The molecule has 0 aliphatic carbocycles. The zero-order valence-corrected chi connectivity index (χ0v) is 17.2. The molecule has 3 N–H and O–H groups in total. The maximum atomic E-state index is 12.8. The molecular weight excluding hydrogens is 384 g/mol. The lowest BCUT2D eigenvalue weighted by molar-refractivity contribution is 0.102. The third-order valence-corrected chi connectivity index (χ3v) is 4.68. The highest BCUT2D eigenvalue weighted by Crippen LogP contribution is 2.14. The lowest BCUT2D eigenvalue weighted by Gasteiger charge is -2.16. The van der Waals surface area contributed by atoms with Crippen LogP contribution in [0.5, 0.6) is 0 Å². The number of nitrogens with two attached hydrogens (primary N) is 1. The molecule has 1 aromatic carbocycles. The summed E-state index contributed by atoms with van der Waals surface area (Å²) in [6.07, 6.45) is 4.30. The van der Waals surface area contributed by atoms with Crippen molar-refractivity contribution in [3.8, 4) is 0 Å². The molecule has 9 heteroatoms. The van der Waals surface area contributed by atoms with E-state index >= 15 is 0 Å². The van der Waals surface area contributed by atoms with Gasteiger partial charge in [0.15, 0.2) is 0 Å². The first kappa shape index (κ1) is 21.1. The molecule has 9 nitrogen and oxygen atoms in total. The number of benzene rings is 1. The monoisotopic (exact) mass is 410 g/mol. The first-order valence-electron chi connectivity index (χ1n) is 9.97. The summed E-state index contributed by atoms with van der Waals surface area (Å²) in [5.74, 6) is -0.549. The van der Waals surface area contributed by atoms with Crippen molar-refractivity contribution in [2.45, 2.75) is 46.3 Å². The van der Waals surface area contributed by atoms with E-state index in [0.29, 0.717) is 31.5 Å². The van der Waals surface area contributed by atoms with E-state index < -0.39 is 17.2 Å². The number of nitrogen functional groups attached to an aromatic ring is 1. The Labute approximate surface area is 173 Å². The van der Waals surface area contributed by atoms with Crippen LogP contribution in [0.2, 0.25) is 0 Å². The Morgan fingerprint density at radius 3 is 2.40 bits per heavy atom. The largest absolute Gasteiger partial charge is 0.383 e. The quantitative estimate of drug-likeness (QED) is 0.588. The van der Waals surface area contributed by atoms with Gasteiger partial charge in [-0.15, -0.1) is 0 Å². The zero-order chi connectivity index (χ0) is 21.7. The second-order valence-corrected chi connectivity index (χ2v) is 7.02. The van der Waals surface area contributed by atoms with Crippen LogP contribution in [0.4, 0.5) is 11.5 Å². The molecule has 0 aliphatic rings. The molecule has 0 saturated heterocycles. The highest BCUT2D eigenvalue weighted by molar-refractivity contribution is 6.05. The van der Waals surface area contributed by atoms with E-state index in [1.165, 1.54) is 10.8 Å². The number of carbonyl (C=O) groups is 1. The summed E-state index contributed by atoms with van der Waals surface area (Å²) in [6.45, 7) is 4.89. The molecule has 0 radical (unpaired) electrons. The molecule has 30 heavy (non-hydrogen) atoms. The Morgan fingerprint density at radius 2 is 1.73 bits per heavy atom. The summed E-state index contributed by atoms with van der Waals surface area (Å²) in [4.78, 5) is 38.2. The summed E-state index contributed by atoms with van der Waals surface area (Å²) < 4.78 is 4.08. The van der Waals surface area contributed by atoms with Crippen LogP contribution < -0.4 is 22.3 Å². The SMILES string of the molecule is CCCn1c(N)c(NC(=O)c2cnn(Cc3ccccc3)c2)c(=O)n(CCC)c1=O. The van der Waals surface area contributed by atoms with E-state index in [2.05, 4.69) is 10.4 Å². The first-order chi connectivity index (χ1) is 14.5. The third-order valence-electron chi connectivity index (χ3n) is 4.68. The van der Waals surface area contributed by atoms with Crippen molar-refractivity contribution in [1.82, 2.24) is 18.9 Å². The smallest absolute Gasteiger partial charge is 0.332 e. The van der Waals surface area contributed by atoms with E-state index in [4.69, 9.17) is 5.73 Å². The molecule has 0 unspecified atom stereocenters. The minimum atomic E-state index is -0.600. The van der Waals surface area contributed by atoms with Gasteiger partial charge in [-0.2, -0.15) is 5.10 Å². The summed E-state index contributed by atoms with van der Waals surface area (Å²) in [5, 5.41) is 6.80. The van der Waals surface area contributed by atoms with Crippen LogP contribution >= 0.6 is 0 Å². The van der Waals surface area contributed by atoms with E-state index in [1.807, 2.05) is 44.2 Å². The van der Waals surface area contributed by atoms with Crippen LogP contribution in [0, 0.1) is 0 Å². The van der Waals surface area contributed by atoms with Gasteiger partial charge >= 0.3 is 5.69 Å². The Bertz CT molecular complexity index is 1140. The van der Waals surface area contributed by atoms with Gasteiger partial charge in [-0.1, -0.05) is 44.2 Å². The van der Waals surface area contributed by atoms with Crippen LogP contribution in [0.25, 0.3) is 0 Å². The molecule has 0 atom stereocenters. The fourth-order valence-corrected chi connectivity index (χ4v) is 3.22. The van der Waals surface area contributed by atoms with Gasteiger partial charge in [-0.3, -0.25) is 23.4 Å². The number of hydrogen-bond donors (Lipinski definition) is 2. The molecule has 0 fully saturated rings. The Kier molecular flexibility index (Phi) is 6.51. The van der Waals surface area contributed by atoms with Crippen molar-refractivity contribution >= 4 is 17.4 Å². The zero-order valence-electron chi connectivity index (χ0n) is 17.2. The van der Waals surface area contributed by atoms with Crippen LogP contribution in [-0.2, 0) is 19.6 Å². The Morgan fingerprint density at radius 1 is 1.07 bits per heavy atom. The lowest BCUT2D eigenvalue weighted by atomic mass is 10.2. The van der Waals surface area contributed by atoms with Gasteiger partial charge in [0.05, 0.1) is 18.3 Å².